The maximum absolute atomic E-state index is 11.3. The van der Waals surface area contributed by atoms with E-state index < -0.39 is 0 Å². The number of fused-ring (bicyclic) bond motifs is 6. The van der Waals surface area contributed by atoms with Gasteiger partial charge in [0.15, 0.2) is 0 Å². The molecule has 6 heteroatoms. The van der Waals surface area contributed by atoms with Gasteiger partial charge < -0.3 is 9.64 Å². The molecule has 5 rings (SSSR count). The van der Waals surface area contributed by atoms with Crippen molar-refractivity contribution >= 4 is 6.09 Å². The molecule has 0 N–H and O–H groups in total. The largest absolute Gasteiger partial charge is 1.00 e. The van der Waals surface area contributed by atoms with Crippen molar-refractivity contribution in [2.75, 3.05) is 32.7 Å². The molecule has 5 nitrogen and oxygen atoms in total. The summed E-state index contributed by atoms with van der Waals surface area (Å²) in [6.07, 6.45) is 12.3. The minimum absolute atomic E-state index is 0. The van der Waals surface area contributed by atoms with Gasteiger partial charge in [-0.05, 0) is 84.3 Å². The van der Waals surface area contributed by atoms with Crippen LogP contribution in [0.3, 0.4) is 0 Å². The molecular weight excluding hydrogens is 369 g/mol. The van der Waals surface area contributed by atoms with E-state index in [0.717, 1.165) is 43.3 Å². The van der Waals surface area contributed by atoms with Crippen LogP contribution in [0.1, 0.15) is 78.6 Å². The molecule has 4 atom stereocenters. The molecule has 5 heterocycles. The fourth-order valence-electron chi connectivity index (χ4n) is 6.34. The molecule has 2 bridgehead atoms. The Hall–Kier alpha value is -0.213. The van der Waals surface area contributed by atoms with E-state index in [0.29, 0.717) is 0 Å². The van der Waals surface area contributed by atoms with Gasteiger partial charge in [0.25, 0.3) is 0 Å². The van der Waals surface area contributed by atoms with Gasteiger partial charge in [0.1, 0.15) is 5.60 Å². The first-order valence-electron chi connectivity index (χ1n) is 12.2. The van der Waals surface area contributed by atoms with Crippen LogP contribution in [0, 0.1) is 18.4 Å². The molecule has 0 spiro atoms. The maximum Gasteiger partial charge on any atom is 1.00 e. The Morgan fingerprint density at radius 1 is 0.867 bits per heavy atom. The molecule has 0 aromatic heterocycles. The predicted octanol–water partition coefficient (Wildman–Crippen LogP) is 1.53. The minimum atomic E-state index is -0.381. The monoisotopic (exact) mass is 411 g/mol. The van der Waals surface area contributed by atoms with Gasteiger partial charge in [0.2, 0.25) is 0 Å². The topological polar surface area (TPSA) is 36.0 Å². The van der Waals surface area contributed by atoms with Crippen LogP contribution < -0.4 is 18.9 Å². The summed E-state index contributed by atoms with van der Waals surface area (Å²) in [6.45, 7) is 14.0. The molecular formula is C24H42LiN3O2. The van der Waals surface area contributed by atoms with Gasteiger partial charge in [-0.1, -0.05) is 19.3 Å². The van der Waals surface area contributed by atoms with Crippen LogP contribution in [0.15, 0.2) is 0 Å². The normalized spacial score (nSPS) is 34.0. The number of ether oxygens (including phenoxy) is 1. The van der Waals surface area contributed by atoms with E-state index >= 15 is 0 Å². The summed E-state index contributed by atoms with van der Waals surface area (Å²) in [5, 5.41) is 0. The fourth-order valence-corrected chi connectivity index (χ4v) is 6.34. The molecule has 0 radical (unpaired) electrons. The van der Waals surface area contributed by atoms with Gasteiger partial charge in [0, 0.05) is 25.2 Å². The Morgan fingerprint density at radius 3 is 1.90 bits per heavy atom. The van der Waals surface area contributed by atoms with E-state index in [2.05, 4.69) is 9.80 Å². The summed E-state index contributed by atoms with van der Waals surface area (Å²) < 4.78 is 5.18. The summed E-state index contributed by atoms with van der Waals surface area (Å²) in [5.41, 5.74) is -0.381. The van der Waals surface area contributed by atoms with E-state index in [1.807, 2.05) is 27.3 Å². The fraction of sp³-hybridized carbons (Fsp3) is 0.917. The zero-order valence-electron chi connectivity index (χ0n) is 19.9. The van der Waals surface area contributed by atoms with Crippen molar-refractivity contribution in [3.8, 4) is 0 Å². The first-order chi connectivity index (χ1) is 13.9. The average Bonchev–Trinajstić information content (AvgIpc) is 3.23. The zero-order valence-corrected chi connectivity index (χ0v) is 19.9. The third kappa shape index (κ3) is 5.97. The standard InChI is InChI=1S/C15H26N2.C9H16NO2.Li/c1-3-7-16-11-13-9-12(14(16)5-1)10-17-8-4-2-6-15(13)17;1-9(2,3)12-8(11)10-6-4-5-7-10;/h12-15H,1-11H2;6H,4-5,7H2,1-3H3;/q;-1;+1/t12-,13+,14+,15-;;. The Morgan fingerprint density at radius 2 is 1.43 bits per heavy atom. The predicted molar refractivity (Wildman–Crippen MR) is 116 cm³/mol. The summed E-state index contributed by atoms with van der Waals surface area (Å²) in [6, 6.07) is 1.92. The van der Waals surface area contributed by atoms with Crippen LogP contribution in [-0.2, 0) is 4.74 Å². The van der Waals surface area contributed by atoms with Gasteiger partial charge >= 0.3 is 25.0 Å². The maximum atomic E-state index is 11.3. The molecule has 0 saturated carbocycles. The minimum Gasteiger partial charge on any atom is -0.458 e. The Labute approximate surface area is 196 Å². The van der Waals surface area contributed by atoms with Gasteiger partial charge in [0.05, 0.1) is 0 Å². The van der Waals surface area contributed by atoms with Gasteiger partial charge in [-0.2, -0.15) is 6.42 Å². The number of nitrogens with zero attached hydrogens (tertiary/aromatic N) is 3. The summed E-state index contributed by atoms with van der Waals surface area (Å²) in [4.78, 5) is 18.7. The number of carbonyl (C=O) groups is 1. The summed E-state index contributed by atoms with van der Waals surface area (Å²) in [5.74, 6) is 2.03. The van der Waals surface area contributed by atoms with Crippen LogP contribution >= 0.6 is 0 Å². The molecule has 30 heavy (non-hydrogen) atoms. The van der Waals surface area contributed by atoms with E-state index in [4.69, 9.17) is 4.74 Å². The van der Waals surface area contributed by atoms with Crippen molar-refractivity contribution in [3.05, 3.63) is 6.54 Å². The van der Waals surface area contributed by atoms with Crippen molar-refractivity contribution in [1.29, 1.82) is 0 Å². The summed E-state index contributed by atoms with van der Waals surface area (Å²) >= 11 is 0. The van der Waals surface area contributed by atoms with E-state index in [-0.39, 0.29) is 30.6 Å². The second-order valence-electron chi connectivity index (χ2n) is 10.9. The second kappa shape index (κ2) is 10.6. The van der Waals surface area contributed by atoms with E-state index in [9.17, 15) is 4.79 Å². The Balaban J connectivity index is 0.000000176. The number of hydrogen-bond donors (Lipinski definition) is 0. The molecule has 5 aliphatic rings. The number of carbonyl (C=O) groups excluding carboxylic acids is 1. The SMILES string of the molecule is C1CCN2C[C@H]3C[C@@H](CN4CCCC[C@@H]34)[C@H]2C1.CC(C)(C)OC(=O)N1[CH-]CCC1.[Li+]. The molecule has 5 saturated heterocycles. The number of piperidine rings is 4. The van der Waals surface area contributed by atoms with Crippen molar-refractivity contribution in [2.24, 2.45) is 11.8 Å². The van der Waals surface area contributed by atoms with Crippen molar-refractivity contribution in [3.63, 3.8) is 0 Å². The number of amides is 1. The third-order valence-corrected chi connectivity index (χ3v) is 7.54. The number of rotatable bonds is 0. The van der Waals surface area contributed by atoms with Gasteiger partial charge in [-0.3, -0.25) is 9.80 Å². The first kappa shape index (κ1) is 24.4. The van der Waals surface area contributed by atoms with Gasteiger partial charge in [-0.25, -0.2) is 11.3 Å². The third-order valence-electron chi connectivity index (χ3n) is 7.54. The first-order valence-corrected chi connectivity index (χ1v) is 12.2. The van der Waals surface area contributed by atoms with E-state index in [1.54, 1.807) is 11.3 Å². The average molecular weight is 412 g/mol. The number of likely N-dealkylation sites (tertiary alicyclic amines) is 1. The molecule has 0 aliphatic carbocycles. The molecule has 1 amide bonds. The molecule has 5 fully saturated rings. The second-order valence-corrected chi connectivity index (χ2v) is 10.9. The molecule has 166 valence electrons. The Bertz CT molecular complexity index is 533. The van der Waals surface area contributed by atoms with Gasteiger partial charge in [-0.15, -0.1) is 0 Å². The molecule has 0 aromatic rings. The van der Waals surface area contributed by atoms with Crippen LogP contribution in [0.2, 0.25) is 0 Å². The van der Waals surface area contributed by atoms with Crippen molar-refractivity contribution in [2.45, 2.75) is 96.2 Å². The van der Waals surface area contributed by atoms with Crippen molar-refractivity contribution in [1.82, 2.24) is 14.7 Å². The van der Waals surface area contributed by atoms with E-state index in [1.165, 1.54) is 64.7 Å². The van der Waals surface area contributed by atoms with Crippen LogP contribution in [0.25, 0.3) is 0 Å². The zero-order chi connectivity index (χ0) is 20.4. The van der Waals surface area contributed by atoms with Crippen LogP contribution in [0.4, 0.5) is 4.79 Å². The summed E-state index contributed by atoms with van der Waals surface area (Å²) in [7, 11) is 0. The Kier molecular flexibility index (Phi) is 8.63. The smallest absolute Gasteiger partial charge is 0.458 e. The molecule has 5 aliphatic heterocycles. The molecule has 0 aromatic carbocycles. The van der Waals surface area contributed by atoms with Crippen molar-refractivity contribution < 1.29 is 28.4 Å². The number of hydrogen-bond acceptors (Lipinski definition) is 4. The molecule has 0 unspecified atom stereocenters. The quantitative estimate of drug-likeness (QED) is 0.447. The van der Waals surface area contributed by atoms with Crippen LogP contribution in [-0.4, -0.2) is 71.2 Å². The van der Waals surface area contributed by atoms with Crippen LogP contribution in [0.5, 0.6) is 0 Å².